The fraction of sp³-hybridized carbons (Fsp3) is 0.600. The number of nitrogens with one attached hydrogen (secondary N) is 1. The van der Waals surface area contributed by atoms with E-state index in [1.54, 1.807) is 6.92 Å². The molecule has 0 aliphatic carbocycles. The summed E-state index contributed by atoms with van der Waals surface area (Å²) in [6.45, 7) is 1.29. The molecule has 3 N–H and O–H groups in total. The molecule has 7 nitrogen and oxygen atoms in total. The molecule has 8 heteroatoms. The number of halogens is 1. The molecule has 18 heavy (non-hydrogen) atoms. The summed E-state index contributed by atoms with van der Waals surface area (Å²) in [5.41, 5.74) is -0.593. The lowest BCUT2D eigenvalue weighted by molar-refractivity contribution is -0.0468. The second kappa shape index (κ2) is 5.11. The lowest BCUT2D eigenvalue weighted by Crippen LogP contribution is -2.36. The maximum atomic E-state index is 11.8. The van der Waals surface area contributed by atoms with Crippen molar-refractivity contribution >= 4 is 22.6 Å². The summed E-state index contributed by atoms with van der Waals surface area (Å²) in [6, 6.07) is 0. The molecule has 0 radical (unpaired) electrons. The molecule has 1 aliphatic heterocycles. The van der Waals surface area contributed by atoms with Crippen LogP contribution < -0.4 is 11.2 Å². The Morgan fingerprint density at radius 1 is 1.56 bits per heavy atom. The van der Waals surface area contributed by atoms with Crippen molar-refractivity contribution in [3.05, 3.63) is 30.1 Å². The Bertz CT molecular complexity index is 566. The van der Waals surface area contributed by atoms with E-state index in [0.29, 0.717) is 9.26 Å². The molecule has 0 saturated carbocycles. The van der Waals surface area contributed by atoms with Crippen molar-refractivity contribution in [3.8, 4) is 0 Å². The third kappa shape index (κ3) is 2.25. The molecule has 2 heterocycles. The van der Waals surface area contributed by atoms with Crippen molar-refractivity contribution in [2.75, 3.05) is 6.61 Å². The predicted octanol–water partition coefficient (Wildman–Crippen LogP) is -0.910. The average Bonchev–Trinajstić information content (AvgIpc) is 2.67. The Kier molecular flexibility index (Phi) is 3.90. The highest BCUT2D eigenvalue weighted by molar-refractivity contribution is 14.1. The third-order valence-corrected chi connectivity index (χ3v) is 4.30. The van der Waals surface area contributed by atoms with Gasteiger partial charge in [0.1, 0.15) is 12.3 Å². The van der Waals surface area contributed by atoms with Crippen LogP contribution in [-0.2, 0) is 4.74 Å². The molecular formula is C10H13IN2O5. The lowest BCUT2D eigenvalue weighted by Gasteiger charge is -2.17. The van der Waals surface area contributed by atoms with Gasteiger partial charge in [-0.1, -0.05) is 0 Å². The molecular weight excluding hydrogens is 359 g/mol. The first-order chi connectivity index (χ1) is 8.45. The van der Waals surface area contributed by atoms with Crippen molar-refractivity contribution in [2.24, 2.45) is 0 Å². The number of rotatable bonds is 2. The fourth-order valence-corrected chi connectivity index (χ4v) is 2.68. The zero-order chi connectivity index (χ0) is 13.4. The number of aromatic amines is 1. The third-order valence-electron chi connectivity index (χ3n) is 2.97. The smallest absolute Gasteiger partial charge is 0.331 e. The molecule has 0 aromatic carbocycles. The number of ether oxygens (including phenoxy) is 1. The predicted molar refractivity (Wildman–Crippen MR) is 70.4 cm³/mol. The minimum absolute atomic E-state index is 0.201. The van der Waals surface area contributed by atoms with Crippen LogP contribution >= 0.6 is 22.6 Å². The summed E-state index contributed by atoms with van der Waals surface area (Å²) in [5.74, 6) is 0. The summed E-state index contributed by atoms with van der Waals surface area (Å²) < 4.78 is 7.16. The van der Waals surface area contributed by atoms with Crippen molar-refractivity contribution < 1.29 is 14.9 Å². The van der Waals surface area contributed by atoms with Gasteiger partial charge in [0.05, 0.1) is 16.4 Å². The highest BCUT2D eigenvalue weighted by Gasteiger charge is 2.36. The Morgan fingerprint density at radius 2 is 2.22 bits per heavy atom. The van der Waals surface area contributed by atoms with Gasteiger partial charge in [-0.15, -0.1) is 0 Å². The summed E-state index contributed by atoms with van der Waals surface area (Å²) in [6.07, 6.45) is -2.00. The van der Waals surface area contributed by atoms with Gasteiger partial charge in [0.2, 0.25) is 0 Å². The van der Waals surface area contributed by atoms with E-state index in [-0.39, 0.29) is 13.0 Å². The summed E-state index contributed by atoms with van der Waals surface area (Å²) in [5, 5.41) is 18.7. The SMILES string of the molecule is Cc1c([131I])n([C@H]2C[C@H](O)[C@@H](CO)O2)c(=O)[nH]c1=O. The van der Waals surface area contributed by atoms with Gasteiger partial charge in [0.25, 0.3) is 5.56 Å². The van der Waals surface area contributed by atoms with E-state index in [1.807, 2.05) is 22.6 Å². The van der Waals surface area contributed by atoms with Crippen LogP contribution in [0.1, 0.15) is 18.2 Å². The number of H-pyrrole nitrogens is 1. The van der Waals surface area contributed by atoms with Crippen LogP contribution in [-0.4, -0.2) is 38.6 Å². The van der Waals surface area contributed by atoms with E-state index in [2.05, 4.69) is 4.98 Å². The Morgan fingerprint density at radius 3 is 2.78 bits per heavy atom. The van der Waals surface area contributed by atoms with Gasteiger partial charge in [-0.3, -0.25) is 14.3 Å². The molecule has 100 valence electrons. The van der Waals surface area contributed by atoms with Crippen LogP contribution in [0.15, 0.2) is 9.59 Å². The molecule has 0 unspecified atom stereocenters. The molecule has 2 rings (SSSR count). The molecule has 0 amide bonds. The van der Waals surface area contributed by atoms with Crippen LogP contribution in [0.3, 0.4) is 0 Å². The Hall–Kier alpha value is -0.710. The molecule has 1 fully saturated rings. The van der Waals surface area contributed by atoms with Crippen molar-refractivity contribution in [1.82, 2.24) is 9.55 Å². The molecule has 1 aromatic heterocycles. The van der Waals surface area contributed by atoms with Gasteiger partial charge >= 0.3 is 5.69 Å². The van der Waals surface area contributed by atoms with Gasteiger partial charge < -0.3 is 14.9 Å². The number of aromatic nitrogens is 2. The summed E-state index contributed by atoms with van der Waals surface area (Å²) >= 11 is 1.89. The van der Waals surface area contributed by atoms with Gasteiger partial charge in [-0.25, -0.2) is 4.79 Å². The van der Waals surface area contributed by atoms with Crippen molar-refractivity contribution in [2.45, 2.75) is 31.8 Å². The monoisotopic (exact) mass is 372 g/mol. The van der Waals surface area contributed by atoms with Gasteiger partial charge in [-0.2, -0.15) is 0 Å². The first kappa shape index (κ1) is 13.7. The first-order valence-corrected chi connectivity index (χ1v) is 6.49. The van der Waals surface area contributed by atoms with Crippen LogP contribution in [0, 0.1) is 10.6 Å². The molecule has 0 spiro atoms. The Labute approximate surface area is 116 Å². The van der Waals surface area contributed by atoms with Crippen molar-refractivity contribution in [3.63, 3.8) is 0 Å². The van der Waals surface area contributed by atoms with Gasteiger partial charge in [0.15, 0.2) is 0 Å². The molecule has 1 aliphatic rings. The quantitative estimate of drug-likeness (QED) is 0.461. The number of hydrogen-bond acceptors (Lipinski definition) is 5. The zero-order valence-corrected chi connectivity index (χ0v) is 11.7. The summed E-state index contributed by atoms with van der Waals surface area (Å²) in [4.78, 5) is 25.4. The molecule has 3 atom stereocenters. The molecule has 1 saturated heterocycles. The van der Waals surface area contributed by atoms with E-state index < -0.39 is 29.7 Å². The van der Waals surface area contributed by atoms with Gasteiger partial charge in [-0.05, 0) is 29.5 Å². The van der Waals surface area contributed by atoms with E-state index in [0.717, 1.165) is 0 Å². The second-order valence-electron chi connectivity index (χ2n) is 4.16. The van der Waals surface area contributed by atoms with Crippen LogP contribution in [0.5, 0.6) is 0 Å². The zero-order valence-electron chi connectivity index (χ0n) is 9.59. The average molecular weight is 372 g/mol. The largest absolute Gasteiger partial charge is 0.394 e. The van der Waals surface area contributed by atoms with Crippen molar-refractivity contribution in [1.29, 1.82) is 0 Å². The first-order valence-electron chi connectivity index (χ1n) is 5.41. The van der Waals surface area contributed by atoms with Crippen LogP contribution in [0.25, 0.3) is 0 Å². The van der Waals surface area contributed by atoms with E-state index in [1.165, 1.54) is 4.57 Å². The lowest BCUT2D eigenvalue weighted by atomic mass is 10.2. The number of hydrogen-bond donors (Lipinski definition) is 3. The van der Waals surface area contributed by atoms with Crippen LogP contribution in [0.4, 0.5) is 0 Å². The fourth-order valence-electron chi connectivity index (χ4n) is 1.91. The number of nitrogens with zero attached hydrogens (tertiary/aromatic N) is 1. The number of aliphatic hydroxyl groups excluding tert-OH is 2. The maximum absolute atomic E-state index is 11.8. The minimum Gasteiger partial charge on any atom is -0.394 e. The van der Waals surface area contributed by atoms with E-state index in [9.17, 15) is 14.7 Å². The van der Waals surface area contributed by atoms with E-state index in [4.69, 9.17) is 9.84 Å². The maximum Gasteiger partial charge on any atom is 0.331 e. The van der Waals surface area contributed by atoms with Crippen LogP contribution in [0.2, 0.25) is 0 Å². The summed E-state index contributed by atoms with van der Waals surface area (Å²) in [7, 11) is 0. The topological polar surface area (TPSA) is 105 Å². The second-order valence-corrected chi connectivity index (χ2v) is 5.18. The Balaban J connectivity index is 2.45. The number of aliphatic hydroxyl groups is 2. The minimum atomic E-state index is -0.824. The molecule has 0 bridgehead atoms. The standard InChI is InChI=1S/C10H13IN2O5/c1-4-8(11)13(10(17)12-9(4)16)7-2-5(15)6(3-14)18-7/h5-7,14-15H,2-3H2,1H3,(H,12,16,17)/t5-,6+,7+/m0/s1/i11+4. The van der Waals surface area contributed by atoms with E-state index >= 15 is 0 Å². The highest BCUT2D eigenvalue weighted by atomic mass is 131. The highest BCUT2D eigenvalue weighted by Crippen LogP contribution is 2.28. The van der Waals surface area contributed by atoms with Gasteiger partial charge in [0, 0.05) is 12.0 Å². The molecule has 1 aromatic rings. The normalized spacial score (nSPS) is 27.7.